The lowest BCUT2D eigenvalue weighted by molar-refractivity contribution is 0.0691. The van der Waals surface area contributed by atoms with Crippen molar-refractivity contribution in [2.75, 3.05) is 4.72 Å². The molecule has 2 heterocycles. The molecule has 0 fully saturated rings. The molecule has 10 nitrogen and oxygen atoms in total. The molecule has 0 amide bonds. The first-order valence-electron chi connectivity index (χ1n) is 4.95. The van der Waals surface area contributed by atoms with E-state index in [0.717, 1.165) is 10.9 Å². The first kappa shape index (κ1) is 14.3. The van der Waals surface area contributed by atoms with Gasteiger partial charge in [-0.3, -0.25) is 4.72 Å². The maximum Gasteiger partial charge on any atom is 0.358 e. The van der Waals surface area contributed by atoms with Gasteiger partial charge in [0.2, 0.25) is 5.03 Å². The van der Waals surface area contributed by atoms with Crippen LogP contribution in [-0.4, -0.2) is 44.5 Å². The van der Waals surface area contributed by atoms with Gasteiger partial charge in [-0.05, 0) is 15.9 Å². The first-order chi connectivity index (χ1) is 9.33. The monoisotopic (exact) mass is 362 g/mol. The predicted molar refractivity (Wildman–Crippen MR) is 68.5 cm³/mol. The van der Waals surface area contributed by atoms with Crippen LogP contribution in [0.3, 0.4) is 0 Å². The minimum Gasteiger partial charge on any atom is -0.476 e. The van der Waals surface area contributed by atoms with E-state index in [1.807, 2.05) is 4.72 Å². The number of nitrogens with zero attached hydrogens (tertiary/aromatic N) is 5. The number of aryl methyl sites for hydroxylation is 1. The lowest BCUT2D eigenvalue weighted by Crippen LogP contribution is -2.20. The van der Waals surface area contributed by atoms with Crippen molar-refractivity contribution >= 4 is 37.7 Å². The highest BCUT2D eigenvalue weighted by atomic mass is 79.9. The minimum absolute atomic E-state index is 0.00624. The number of rotatable bonds is 4. The average Bonchev–Trinajstić information content (AvgIpc) is 2.69. The van der Waals surface area contributed by atoms with Crippen molar-refractivity contribution in [1.29, 1.82) is 0 Å². The van der Waals surface area contributed by atoms with Crippen LogP contribution in [0.15, 0.2) is 22.0 Å². The van der Waals surface area contributed by atoms with Gasteiger partial charge in [-0.1, -0.05) is 5.21 Å². The number of carboxylic acid groups (broad SMARTS) is 1. The Morgan fingerprint density at radius 1 is 1.40 bits per heavy atom. The van der Waals surface area contributed by atoms with Gasteiger partial charge in [0.15, 0.2) is 16.1 Å². The Morgan fingerprint density at radius 2 is 2.05 bits per heavy atom. The molecule has 0 saturated carbocycles. The van der Waals surface area contributed by atoms with Crippen molar-refractivity contribution in [1.82, 2.24) is 25.0 Å². The Kier molecular flexibility index (Phi) is 3.67. The number of hydrogen-bond acceptors (Lipinski definition) is 7. The summed E-state index contributed by atoms with van der Waals surface area (Å²) in [7, 11) is -2.74. The molecule has 12 heteroatoms. The Labute approximate surface area is 121 Å². The molecule has 0 atom stereocenters. The van der Waals surface area contributed by atoms with E-state index in [2.05, 4.69) is 36.2 Å². The van der Waals surface area contributed by atoms with Crippen molar-refractivity contribution in [3.05, 3.63) is 22.7 Å². The van der Waals surface area contributed by atoms with Crippen molar-refractivity contribution in [3.8, 4) is 0 Å². The number of aromatic nitrogens is 5. The van der Waals surface area contributed by atoms with Gasteiger partial charge in [-0.2, -0.15) is 8.42 Å². The van der Waals surface area contributed by atoms with E-state index in [0.29, 0.717) is 0 Å². The summed E-state index contributed by atoms with van der Waals surface area (Å²) in [6.45, 7) is 0. The fourth-order valence-corrected chi connectivity index (χ4v) is 3.47. The maximum atomic E-state index is 12.2. The molecule has 2 rings (SSSR count). The van der Waals surface area contributed by atoms with E-state index < -0.39 is 27.5 Å². The number of halogens is 1. The Balaban J connectivity index is 2.47. The minimum atomic E-state index is -4.11. The molecule has 0 saturated heterocycles. The maximum absolute atomic E-state index is 12.2. The molecular formula is C8H7BrN6O4S. The number of anilines is 1. The van der Waals surface area contributed by atoms with Crippen molar-refractivity contribution in [3.63, 3.8) is 0 Å². The molecular weight excluding hydrogens is 356 g/mol. The third kappa shape index (κ3) is 2.60. The number of aromatic carboxylic acids is 1. The van der Waals surface area contributed by atoms with E-state index in [-0.39, 0.29) is 9.63 Å². The van der Waals surface area contributed by atoms with Crippen LogP contribution in [0, 0.1) is 0 Å². The number of carboxylic acids is 1. The molecule has 2 aromatic rings. The fourth-order valence-electron chi connectivity index (χ4n) is 1.35. The van der Waals surface area contributed by atoms with Gasteiger partial charge in [0.05, 0.1) is 0 Å². The second-order valence-electron chi connectivity index (χ2n) is 3.47. The van der Waals surface area contributed by atoms with Crippen LogP contribution in [0.25, 0.3) is 0 Å². The van der Waals surface area contributed by atoms with Crippen LogP contribution in [0.4, 0.5) is 5.82 Å². The summed E-state index contributed by atoms with van der Waals surface area (Å²) in [6, 6.07) is 0. The van der Waals surface area contributed by atoms with Gasteiger partial charge in [0, 0.05) is 19.4 Å². The predicted octanol–water partition coefficient (Wildman–Crippen LogP) is -0.133. The molecule has 0 aliphatic rings. The molecule has 0 aliphatic heterocycles. The van der Waals surface area contributed by atoms with Gasteiger partial charge < -0.3 is 5.11 Å². The summed E-state index contributed by atoms with van der Waals surface area (Å²) in [5.74, 6) is -1.80. The van der Waals surface area contributed by atoms with Gasteiger partial charge in [0.25, 0.3) is 10.0 Å². The summed E-state index contributed by atoms with van der Waals surface area (Å²) in [4.78, 5) is 18.2. The summed E-state index contributed by atoms with van der Waals surface area (Å²) < 4.78 is 27.4. The lowest BCUT2D eigenvalue weighted by Gasteiger charge is -2.08. The van der Waals surface area contributed by atoms with Crippen LogP contribution >= 0.6 is 15.9 Å². The molecule has 0 aliphatic carbocycles. The lowest BCUT2D eigenvalue weighted by atomic mass is 10.4. The molecule has 2 N–H and O–H groups in total. The van der Waals surface area contributed by atoms with Crippen LogP contribution < -0.4 is 4.72 Å². The molecule has 20 heavy (non-hydrogen) atoms. The number of hydrogen-bond donors (Lipinski definition) is 2. The summed E-state index contributed by atoms with van der Waals surface area (Å²) in [6.07, 6.45) is 2.31. The van der Waals surface area contributed by atoms with Crippen LogP contribution in [0.1, 0.15) is 10.5 Å². The van der Waals surface area contributed by atoms with Crippen molar-refractivity contribution < 1.29 is 18.3 Å². The zero-order valence-electron chi connectivity index (χ0n) is 9.85. The van der Waals surface area contributed by atoms with Gasteiger partial charge in [-0.15, -0.1) is 5.10 Å². The Morgan fingerprint density at radius 3 is 2.60 bits per heavy atom. The number of sulfonamides is 1. The first-order valence-corrected chi connectivity index (χ1v) is 7.23. The number of nitrogens with one attached hydrogen (secondary N) is 1. The highest BCUT2D eigenvalue weighted by Gasteiger charge is 2.26. The van der Waals surface area contributed by atoms with E-state index >= 15 is 0 Å². The van der Waals surface area contributed by atoms with E-state index in [1.54, 1.807) is 0 Å². The third-order valence-corrected chi connectivity index (χ3v) is 4.35. The van der Waals surface area contributed by atoms with Gasteiger partial charge in [-0.25, -0.2) is 19.4 Å². The van der Waals surface area contributed by atoms with Crippen molar-refractivity contribution in [2.24, 2.45) is 7.05 Å². The topological polar surface area (TPSA) is 140 Å². The summed E-state index contributed by atoms with van der Waals surface area (Å²) >= 11 is 2.95. The zero-order chi connectivity index (χ0) is 14.9. The molecule has 0 bridgehead atoms. The number of carbonyl (C=O) groups is 1. The highest BCUT2D eigenvalue weighted by molar-refractivity contribution is 9.10. The van der Waals surface area contributed by atoms with Gasteiger partial charge in [0.1, 0.15) is 0 Å². The van der Waals surface area contributed by atoms with Crippen LogP contribution in [0.5, 0.6) is 0 Å². The van der Waals surface area contributed by atoms with E-state index in [9.17, 15) is 13.2 Å². The third-order valence-electron chi connectivity index (χ3n) is 2.12. The fraction of sp³-hybridized carbons (Fsp3) is 0.125. The van der Waals surface area contributed by atoms with E-state index in [1.165, 1.54) is 13.2 Å². The average molecular weight is 363 g/mol. The summed E-state index contributed by atoms with van der Waals surface area (Å²) in [5, 5.41) is 15.7. The molecule has 2 aromatic heterocycles. The molecule has 0 radical (unpaired) electrons. The largest absolute Gasteiger partial charge is 0.476 e. The Bertz CT molecular complexity index is 754. The molecule has 0 spiro atoms. The SMILES string of the molecule is Cn1nnc(Br)c1S(=O)(=O)Nc1nccnc1C(=O)O. The van der Waals surface area contributed by atoms with E-state index in [4.69, 9.17) is 5.11 Å². The molecule has 106 valence electrons. The highest BCUT2D eigenvalue weighted by Crippen LogP contribution is 2.21. The second-order valence-corrected chi connectivity index (χ2v) is 5.82. The summed E-state index contributed by atoms with van der Waals surface area (Å²) in [5.41, 5.74) is -0.512. The van der Waals surface area contributed by atoms with Crippen LogP contribution in [-0.2, 0) is 17.1 Å². The quantitative estimate of drug-likeness (QED) is 0.765. The molecule has 0 aromatic carbocycles. The van der Waals surface area contributed by atoms with Crippen LogP contribution in [0.2, 0.25) is 0 Å². The van der Waals surface area contributed by atoms with Gasteiger partial charge >= 0.3 is 5.97 Å². The molecule has 0 unspecified atom stereocenters. The van der Waals surface area contributed by atoms with Crippen molar-refractivity contribution in [2.45, 2.75) is 5.03 Å². The standard InChI is InChI=1S/C8H7BrN6O4S/c1-15-7(5(9)12-14-15)20(18,19)13-6-4(8(16)17)10-2-3-11-6/h2-3H,1H3,(H,11,13)(H,16,17). The smallest absolute Gasteiger partial charge is 0.358 e. The normalized spacial score (nSPS) is 11.3. The second kappa shape index (κ2) is 5.13. The zero-order valence-corrected chi connectivity index (χ0v) is 12.3. The Hall–Kier alpha value is -2.08.